The maximum absolute atomic E-state index is 9.75. The molecular formula is C18H16N4S. The molecule has 0 fully saturated rings. The number of thioether (sulfide) groups is 1. The predicted molar refractivity (Wildman–Crippen MR) is 95.6 cm³/mol. The minimum atomic E-state index is -0.376. The smallest absolute Gasteiger partial charge is 0.177 e. The molecule has 2 atom stereocenters. The summed E-state index contributed by atoms with van der Waals surface area (Å²) in [6.45, 7) is 0. The van der Waals surface area contributed by atoms with Crippen LogP contribution in [0, 0.1) is 11.3 Å². The molecule has 1 aliphatic heterocycles. The van der Waals surface area contributed by atoms with E-state index >= 15 is 0 Å². The zero-order valence-electron chi connectivity index (χ0n) is 12.7. The lowest BCUT2D eigenvalue weighted by Crippen LogP contribution is -2.36. The number of hydrogen-bond acceptors (Lipinski definition) is 5. The number of rotatable bonds is 3. The Hall–Kier alpha value is -2.58. The highest BCUT2D eigenvalue weighted by Crippen LogP contribution is 2.27. The normalized spacial score (nSPS) is 18.2. The quantitative estimate of drug-likeness (QED) is 0.943. The average molecular weight is 320 g/mol. The number of hydrogen-bond donors (Lipinski definition) is 1. The molecule has 0 spiro atoms. The second-order valence-electron chi connectivity index (χ2n) is 5.08. The third kappa shape index (κ3) is 3.27. The molecule has 1 heterocycles. The summed E-state index contributed by atoms with van der Waals surface area (Å²) in [6.07, 6.45) is 1.94. The van der Waals surface area contributed by atoms with E-state index in [1.54, 1.807) is 0 Å². The number of nitrogens with one attached hydrogen (secondary N) is 1. The maximum atomic E-state index is 9.75. The van der Waals surface area contributed by atoms with Crippen molar-refractivity contribution < 1.29 is 0 Å². The molecule has 0 saturated carbocycles. The number of nitrogens with zero attached hydrogens (tertiary/aromatic N) is 3. The second-order valence-corrected chi connectivity index (χ2v) is 5.87. The highest BCUT2D eigenvalue weighted by Gasteiger charge is 2.31. The highest BCUT2D eigenvalue weighted by molar-refractivity contribution is 8.13. The minimum Gasteiger partial charge on any atom is -0.256 e. The molecule has 4 nitrogen and oxygen atoms in total. The molecule has 1 aliphatic rings. The molecule has 114 valence electrons. The van der Waals surface area contributed by atoms with Crippen molar-refractivity contribution in [3.63, 3.8) is 0 Å². The van der Waals surface area contributed by atoms with Crippen LogP contribution in [0.1, 0.15) is 17.0 Å². The Balaban J connectivity index is 2.04. The fraction of sp³-hybridized carbons (Fsp3) is 0.167. The summed E-state index contributed by atoms with van der Waals surface area (Å²) in [6, 6.07) is 21.7. The van der Waals surface area contributed by atoms with Gasteiger partial charge in [0.15, 0.2) is 5.17 Å². The van der Waals surface area contributed by atoms with Gasteiger partial charge in [-0.25, -0.2) is 4.99 Å². The second kappa shape index (κ2) is 7.12. The van der Waals surface area contributed by atoms with Crippen LogP contribution in [0.2, 0.25) is 0 Å². The average Bonchev–Trinajstić information content (AvgIpc) is 2.64. The summed E-state index contributed by atoms with van der Waals surface area (Å²) >= 11 is 1.49. The number of nitriles is 1. The summed E-state index contributed by atoms with van der Waals surface area (Å²) in [5, 5.41) is 15.0. The molecule has 2 aromatic rings. The van der Waals surface area contributed by atoms with E-state index in [0.29, 0.717) is 0 Å². The van der Waals surface area contributed by atoms with Crippen molar-refractivity contribution >= 4 is 22.6 Å². The first-order valence-electron chi connectivity index (χ1n) is 7.29. The van der Waals surface area contributed by atoms with Crippen molar-refractivity contribution in [3.05, 3.63) is 71.8 Å². The van der Waals surface area contributed by atoms with Crippen molar-refractivity contribution in [1.82, 2.24) is 5.43 Å². The molecule has 0 amide bonds. The number of benzene rings is 2. The molecule has 0 saturated heterocycles. The van der Waals surface area contributed by atoms with Crippen LogP contribution in [-0.2, 0) is 0 Å². The molecule has 1 N–H and O–H groups in total. The van der Waals surface area contributed by atoms with Crippen LogP contribution in [0.25, 0.3) is 0 Å². The van der Waals surface area contributed by atoms with Gasteiger partial charge in [0.2, 0.25) is 0 Å². The Kier molecular flexibility index (Phi) is 4.74. The molecule has 0 aromatic heterocycles. The van der Waals surface area contributed by atoms with Crippen LogP contribution in [0.15, 0.2) is 70.8 Å². The zero-order valence-corrected chi connectivity index (χ0v) is 13.5. The van der Waals surface area contributed by atoms with Gasteiger partial charge in [-0.3, -0.25) is 5.43 Å². The van der Waals surface area contributed by atoms with Crippen molar-refractivity contribution in [2.75, 3.05) is 6.26 Å². The van der Waals surface area contributed by atoms with Gasteiger partial charge in [-0.05, 0) is 11.8 Å². The van der Waals surface area contributed by atoms with Gasteiger partial charge >= 0.3 is 0 Å². The first-order valence-corrected chi connectivity index (χ1v) is 8.51. The molecule has 3 rings (SSSR count). The Morgan fingerprint density at radius 1 is 1.09 bits per heavy atom. The van der Waals surface area contributed by atoms with Crippen molar-refractivity contribution in [3.8, 4) is 6.07 Å². The number of aliphatic imine (C=N–C) groups is 1. The van der Waals surface area contributed by atoms with Gasteiger partial charge in [0, 0.05) is 5.56 Å². The van der Waals surface area contributed by atoms with E-state index < -0.39 is 0 Å². The molecule has 2 unspecified atom stereocenters. The minimum absolute atomic E-state index is 0.325. The van der Waals surface area contributed by atoms with E-state index in [4.69, 9.17) is 4.99 Å². The lowest BCUT2D eigenvalue weighted by atomic mass is 9.87. The lowest BCUT2D eigenvalue weighted by Gasteiger charge is -2.25. The summed E-state index contributed by atoms with van der Waals surface area (Å²) < 4.78 is 0. The monoisotopic (exact) mass is 320 g/mol. The fourth-order valence-electron chi connectivity index (χ4n) is 2.55. The number of hydrazone groups is 1. The topological polar surface area (TPSA) is 60.5 Å². The molecule has 0 bridgehead atoms. The third-order valence-electron chi connectivity index (χ3n) is 3.68. The summed E-state index contributed by atoms with van der Waals surface area (Å²) in [7, 11) is 0. The molecule has 0 aliphatic carbocycles. The highest BCUT2D eigenvalue weighted by atomic mass is 32.2. The predicted octanol–water partition coefficient (Wildman–Crippen LogP) is 3.39. The Bertz CT molecular complexity index is 763. The van der Waals surface area contributed by atoms with Gasteiger partial charge < -0.3 is 0 Å². The van der Waals surface area contributed by atoms with E-state index in [1.807, 2.05) is 66.9 Å². The van der Waals surface area contributed by atoms with Gasteiger partial charge in [-0.2, -0.15) is 10.4 Å². The first-order chi connectivity index (χ1) is 11.3. The molecule has 0 radical (unpaired) electrons. The molecule has 23 heavy (non-hydrogen) atoms. The zero-order chi connectivity index (χ0) is 16.1. The van der Waals surface area contributed by atoms with Crippen molar-refractivity contribution in [1.29, 1.82) is 5.26 Å². The molecular weight excluding hydrogens is 304 g/mol. The maximum Gasteiger partial charge on any atom is 0.177 e. The van der Waals surface area contributed by atoms with E-state index in [9.17, 15) is 5.26 Å². The summed E-state index contributed by atoms with van der Waals surface area (Å²) in [5.41, 5.74) is 5.69. The van der Waals surface area contributed by atoms with Gasteiger partial charge in [-0.15, -0.1) is 0 Å². The largest absolute Gasteiger partial charge is 0.256 e. The Labute approximate surface area is 139 Å². The van der Waals surface area contributed by atoms with Gasteiger partial charge in [0.1, 0.15) is 6.04 Å². The van der Waals surface area contributed by atoms with E-state index in [-0.39, 0.29) is 12.0 Å². The van der Waals surface area contributed by atoms with Crippen LogP contribution >= 0.6 is 11.8 Å². The first kappa shape index (κ1) is 15.3. The summed E-state index contributed by atoms with van der Waals surface area (Å²) in [4.78, 5) is 4.72. The SMILES string of the molecule is CSC1=NC(C(C#N)c2ccccc2)C(c2ccccc2)=NN1. The van der Waals surface area contributed by atoms with Crippen molar-refractivity contribution in [2.45, 2.75) is 12.0 Å². The number of amidine groups is 1. The lowest BCUT2D eigenvalue weighted by molar-refractivity contribution is 0.740. The Morgan fingerprint density at radius 2 is 1.74 bits per heavy atom. The Morgan fingerprint density at radius 3 is 2.35 bits per heavy atom. The van der Waals surface area contributed by atoms with Crippen LogP contribution < -0.4 is 5.43 Å². The fourth-order valence-corrected chi connectivity index (χ4v) is 2.91. The van der Waals surface area contributed by atoms with Crippen LogP contribution in [0.3, 0.4) is 0 Å². The van der Waals surface area contributed by atoms with Gasteiger partial charge in [-0.1, -0.05) is 72.4 Å². The molecule has 2 aromatic carbocycles. The summed E-state index contributed by atoms with van der Waals surface area (Å²) in [5.74, 6) is -0.376. The van der Waals surface area contributed by atoms with E-state index in [1.165, 1.54) is 11.8 Å². The van der Waals surface area contributed by atoms with Crippen molar-refractivity contribution in [2.24, 2.45) is 10.1 Å². The van der Waals surface area contributed by atoms with Crippen LogP contribution in [0.5, 0.6) is 0 Å². The third-order valence-corrected chi connectivity index (χ3v) is 4.27. The molecule has 5 heteroatoms. The van der Waals surface area contributed by atoms with Gasteiger partial charge in [0.05, 0.1) is 17.7 Å². The van der Waals surface area contributed by atoms with E-state index in [0.717, 1.165) is 22.0 Å². The van der Waals surface area contributed by atoms with E-state index in [2.05, 4.69) is 16.6 Å². The van der Waals surface area contributed by atoms with Gasteiger partial charge in [0.25, 0.3) is 0 Å². The van der Waals surface area contributed by atoms with Crippen LogP contribution in [-0.4, -0.2) is 23.2 Å². The standard InChI is InChI=1S/C18H16N4S/c1-23-18-20-17(15(12-19)13-8-4-2-5-9-13)16(21-22-18)14-10-6-3-7-11-14/h2-11,15,17H,1H3,(H,20,22). The van der Waals surface area contributed by atoms with Crippen LogP contribution in [0.4, 0.5) is 0 Å².